The summed E-state index contributed by atoms with van der Waals surface area (Å²) in [7, 11) is 0. The summed E-state index contributed by atoms with van der Waals surface area (Å²) in [6.07, 6.45) is -0.768. The van der Waals surface area contributed by atoms with E-state index in [0.29, 0.717) is 31.3 Å². The molecule has 136 valence electrons. The van der Waals surface area contributed by atoms with Gasteiger partial charge in [0.25, 0.3) is 0 Å². The molecule has 2 aliphatic rings. The molecule has 1 aromatic rings. The van der Waals surface area contributed by atoms with Crippen LogP contribution < -0.4 is 20.5 Å². The topological polar surface area (TPSA) is 103 Å². The van der Waals surface area contributed by atoms with E-state index in [1.54, 1.807) is 0 Å². The van der Waals surface area contributed by atoms with Crippen molar-refractivity contribution in [1.29, 1.82) is 0 Å². The fraction of sp³-hybridized carbons (Fsp3) is 0.500. The largest absolute Gasteiger partial charge is 0.486 e. The minimum atomic E-state index is -0.768. The van der Waals surface area contributed by atoms with Gasteiger partial charge in [-0.25, -0.2) is 4.79 Å². The second-order valence-electron chi connectivity index (χ2n) is 5.90. The summed E-state index contributed by atoms with van der Waals surface area (Å²) in [5.41, 5.74) is 6.12. The van der Waals surface area contributed by atoms with E-state index in [1.807, 2.05) is 19.1 Å². The molecule has 25 heavy (non-hydrogen) atoms. The first-order valence-corrected chi connectivity index (χ1v) is 8.80. The van der Waals surface area contributed by atoms with Gasteiger partial charge in [0.2, 0.25) is 5.91 Å². The summed E-state index contributed by atoms with van der Waals surface area (Å²) in [6, 6.07) is 3.15. The van der Waals surface area contributed by atoms with E-state index in [0.717, 1.165) is 10.0 Å². The van der Waals surface area contributed by atoms with E-state index < -0.39 is 12.0 Å². The molecule has 2 aliphatic heterocycles. The molecule has 0 spiro atoms. The van der Waals surface area contributed by atoms with Crippen molar-refractivity contribution < 1.29 is 23.8 Å². The zero-order chi connectivity index (χ0) is 18.0. The van der Waals surface area contributed by atoms with E-state index in [2.05, 4.69) is 21.2 Å². The number of rotatable bonds is 3. The van der Waals surface area contributed by atoms with Gasteiger partial charge >= 0.3 is 6.03 Å². The summed E-state index contributed by atoms with van der Waals surface area (Å²) >= 11 is 3.51. The smallest absolute Gasteiger partial charge is 0.318 e. The average molecular weight is 414 g/mol. The molecule has 1 saturated heterocycles. The highest BCUT2D eigenvalue weighted by atomic mass is 79.9. The molecule has 3 N–H and O–H groups in total. The molecule has 0 aliphatic carbocycles. The molecule has 2 atom stereocenters. The number of amides is 3. The van der Waals surface area contributed by atoms with Crippen LogP contribution in [0.15, 0.2) is 16.6 Å². The second-order valence-corrected chi connectivity index (χ2v) is 6.75. The molecule has 2 heterocycles. The molecule has 0 unspecified atom stereocenters. The average Bonchev–Trinajstić information content (AvgIpc) is 2.61. The number of morpholine rings is 1. The van der Waals surface area contributed by atoms with Gasteiger partial charge in [-0.15, -0.1) is 0 Å². The molecule has 0 aromatic heterocycles. The van der Waals surface area contributed by atoms with E-state index in [1.165, 1.54) is 4.90 Å². The third-order valence-corrected chi connectivity index (χ3v) is 4.83. The van der Waals surface area contributed by atoms with Crippen LogP contribution in [0.5, 0.6) is 11.5 Å². The van der Waals surface area contributed by atoms with Gasteiger partial charge in [-0.05, 0) is 24.6 Å². The maximum atomic E-state index is 12.5. The van der Waals surface area contributed by atoms with Crippen LogP contribution in [0.3, 0.4) is 0 Å². The van der Waals surface area contributed by atoms with E-state index in [9.17, 15) is 9.59 Å². The molecule has 3 rings (SSSR count). The van der Waals surface area contributed by atoms with Gasteiger partial charge in [0.1, 0.15) is 13.2 Å². The highest BCUT2D eigenvalue weighted by Crippen LogP contribution is 2.37. The Kier molecular flexibility index (Phi) is 5.33. The number of primary amides is 1. The van der Waals surface area contributed by atoms with Gasteiger partial charge in [-0.2, -0.15) is 0 Å². The van der Waals surface area contributed by atoms with E-state index >= 15 is 0 Å². The van der Waals surface area contributed by atoms with Crippen LogP contribution >= 0.6 is 15.9 Å². The lowest BCUT2D eigenvalue weighted by Crippen LogP contribution is -2.53. The minimum absolute atomic E-state index is 0.149. The van der Waals surface area contributed by atoms with Gasteiger partial charge in [0.05, 0.1) is 19.2 Å². The Hall–Kier alpha value is -2.00. The minimum Gasteiger partial charge on any atom is -0.486 e. The number of carbonyl (C=O) groups is 2. The van der Waals surface area contributed by atoms with Gasteiger partial charge < -0.3 is 30.2 Å². The third-order valence-electron chi connectivity index (χ3n) is 4.14. The Morgan fingerprint density at radius 1 is 1.28 bits per heavy atom. The van der Waals surface area contributed by atoms with E-state index in [-0.39, 0.29) is 25.2 Å². The first kappa shape index (κ1) is 17.8. The zero-order valence-electron chi connectivity index (χ0n) is 13.8. The number of hydrogen-bond donors (Lipinski definition) is 2. The number of urea groups is 1. The molecule has 8 nitrogen and oxygen atoms in total. The standard InChI is InChI=1S/C16H20BrN3O5/c1-9(10-6-12-13(7-11(10)17)25-5-4-24-12)19-16(22)20-2-3-23-14(8-20)15(18)21/h6-7,9,14H,2-5,8H2,1H3,(H2,18,21)(H,19,22)/t9-,14+/m0/s1. The van der Waals surface area contributed by atoms with Crippen molar-refractivity contribution in [2.24, 2.45) is 5.73 Å². The van der Waals surface area contributed by atoms with E-state index in [4.69, 9.17) is 19.9 Å². The number of halogens is 1. The van der Waals surface area contributed by atoms with Crippen molar-refractivity contribution in [1.82, 2.24) is 10.2 Å². The van der Waals surface area contributed by atoms with Crippen molar-refractivity contribution in [3.05, 3.63) is 22.2 Å². The van der Waals surface area contributed by atoms with Crippen LogP contribution in [-0.4, -0.2) is 55.9 Å². The molecule has 0 saturated carbocycles. The number of nitrogens with zero attached hydrogens (tertiary/aromatic N) is 1. The lowest BCUT2D eigenvalue weighted by atomic mass is 10.1. The van der Waals surface area contributed by atoms with Crippen LogP contribution in [0.1, 0.15) is 18.5 Å². The third kappa shape index (κ3) is 3.98. The van der Waals surface area contributed by atoms with Crippen molar-refractivity contribution in [3.63, 3.8) is 0 Å². The zero-order valence-corrected chi connectivity index (χ0v) is 15.4. The van der Waals surface area contributed by atoms with Crippen LogP contribution in [0, 0.1) is 0 Å². The van der Waals surface area contributed by atoms with Gasteiger partial charge in [0, 0.05) is 11.0 Å². The highest BCUT2D eigenvalue weighted by Gasteiger charge is 2.29. The normalized spacial score (nSPS) is 20.7. The fourth-order valence-corrected chi connectivity index (χ4v) is 3.44. The Balaban J connectivity index is 1.68. The van der Waals surface area contributed by atoms with Gasteiger partial charge in [0.15, 0.2) is 17.6 Å². The van der Waals surface area contributed by atoms with Gasteiger partial charge in [-0.3, -0.25) is 4.79 Å². The molecule has 1 fully saturated rings. The molecular weight excluding hydrogens is 394 g/mol. The van der Waals surface area contributed by atoms with Crippen LogP contribution in [-0.2, 0) is 9.53 Å². The quantitative estimate of drug-likeness (QED) is 0.773. The molecular formula is C16H20BrN3O5. The first-order chi connectivity index (χ1) is 12.0. The Bertz CT molecular complexity index is 684. The Morgan fingerprint density at radius 3 is 2.64 bits per heavy atom. The number of hydrogen-bond acceptors (Lipinski definition) is 5. The van der Waals surface area contributed by atoms with Crippen LogP contribution in [0.25, 0.3) is 0 Å². The van der Waals surface area contributed by atoms with Crippen LogP contribution in [0.2, 0.25) is 0 Å². The predicted octanol–water partition coefficient (Wildman–Crippen LogP) is 1.18. The fourth-order valence-electron chi connectivity index (χ4n) is 2.77. The first-order valence-electron chi connectivity index (χ1n) is 8.01. The SMILES string of the molecule is C[C@H](NC(=O)N1CCO[C@@H](C(N)=O)C1)c1cc2c(cc1Br)OCCO2. The summed E-state index contributed by atoms with van der Waals surface area (Å²) in [5, 5.41) is 2.93. The van der Waals surface area contributed by atoms with Gasteiger partial charge in [-0.1, -0.05) is 15.9 Å². The second kappa shape index (κ2) is 7.49. The molecule has 9 heteroatoms. The Morgan fingerprint density at radius 2 is 1.96 bits per heavy atom. The number of nitrogens with one attached hydrogen (secondary N) is 1. The maximum absolute atomic E-state index is 12.5. The number of carbonyl (C=O) groups excluding carboxylic acids is 2. The summed E-state index contributed by atoms with van der Waals surface area (Å²) in [5.74, 6) is 0.767. The lowest BCUT2D eigenvalue weighted by molar-refractivity contribution is -0.133. The van der Waals surface area contributed by atoms with Crippen molar-refractivity contribution >= 4 is 27.9 Å². The number of benzene rings is 1. The van der Waals surface area contributed by atoms with Crippen molar-refractivity contribution in [2.75, 3.05) is 32.9 Å². The van der Waals surface area contributed by atoms with Crippen LogP contribution in [0.4, 0.5) is 4.79 Å². The lowest BCUT2D eigenvalue weighted by Gasteiger charge is -2.32. The highest BCUT2D eigenvalue weighted by molar-refractivity contribution is 9.10. The summed E-state index contributed by atoms with van der Waals surface area (Å²) in [4.78, 5) is 25.3. The predicted molar refractivity (Wildman–Crippen MR) is 92.6 cm³/mol. The molecule has 0 radical (unpaired) electrons. The number of nitrogens with two attached hydrogens (primary N) is 1. The summed E-state index contributed by atoms with van der Waals surface area (Å²) in [6.45, 7) is 3.73. The molecule has 1 aromatic carbocycles. The van der Waals surface area contributed by atoms with Crippen molar-refractivity contribution in [2.45, 2.75) is 19.1 Å². The molecule has 3 amide bonds. The Labute approximate surface area is 153 Å². The van der Waals surface area contributed by atoms with Crippen molar-refractivity contribution in [3.8, 4) is 11.5 Å². The number of ether oxygens (including phenoxy) is 3. The molecule has 0 bridgehead atoms. The summed E-state index contributed by atoms with van der Waals surface area (Å²) < 4.78 is 17.2. The monoisotopic (exact) mass is 413 g/mol. The number of fused-ring (bicyclic) bond motifs is 1. The maximum Gasteiger partial charge on any atom is 0.318 e.